The van der Waals surface area contributed by atoms with Crippen LogP contribution in [0.15, 0.2) is 34.9 Å². The summed E-state index contributed by atoms with van der Waals surface area (Å²) < 4.78 is 5.40. The van der Waals surface area contributed by atoms with Gasteiger partial charge in [0.15, 0.2) is 11.5 Å². The van der Waals surface area contributed by atoms with E-state index in [9.17, 15) is 4.79 Å². The molecule has 0 aliphatic rings. The number of nitrogens with zero attached hydrogens (tertiary/aromatic N) is 2. The Balaban J connectivity index is 2.44. The molecule has 92 valence electrons. The minimum atomic E-state index is -1.10. The fraction of sp³-hybridized carbons (Fsp3) is 0.0833. The summed E-state index contributed by atoms with van der Waals surface area (Å²) in [6, 6.07) is 7.07. The van der Waals surface area contributed by atoms with Crippen molar-refractivity contribution in [1.29, 1.82) is 0 Å². The standard InChI is InChI=1S/C12H9BrN2O3/c1-18-8-4-2-7(3-5-8)11-14-6-9(13)10(15-11)12(16)17/h2-6H,1H3,(H,16,17). The van der Waals surface area contributed by atoms with Gasteiger partial charge in [0, 0.05) is 11.8 Å². The highest BCUT2D eigenvalue weighted by atomic mass is 79.9. The van der Waals surface area contributed by atoms with Crippen LogP contribution >= 0.6 is 15.9 Å². The van der Waals surface area contributed by atoms with Crippen molar-refractivity contribution >= 4 is 21.9 Å². The van der Waals surface area contributed by atoms with Crippen molar-refractivity contribution in [2.75, 3.05) is 7.11 Å². The lowest BCUT2D eigenvalue weighted by Gasteiger charge is -2.04. The Bertz CT molecular complexity index is 584. The number of methoxy groups -OCH3 is 1. The Morgan fingerprint density at radius 1 is 1.33 bits per heavy atom. The van der Waals surface area contributed by atoms with Gasteiger partial charge < -0.3 is 9.84 Å². The minimum Gasteiger partial charge on any atom is -0.497 e. The van der Waals surface area contributed by atoms with Crippen molar-refractivity contribution in [1.82, 2.24) is 9.97 Å². The number of carboxylic acids is 1. The topological polar surface area (TPSA) is 72.3 Å². The van der Waals surface area contributed by atoms with Crippen molar-refractivity contribution in [3.8, 4) is 17.1 Å². The zero-order valence-electron chi connectivity index (χ0n) is 9.42. The van der Waals surface area contributed by atoms with Gasteiger partial charge in [0.25, 0.3) is 0 Å². The van der Waals surface area contributed by atoms with Crippen LogP contribution in [-0.4, -0.2) is 28.2 Å². The van der Waals surface area contributed by atoms with E-state index in [1.165, 1.54) is 6.20 Å². The van der Waals surface area contributed by atoms with Crippen molar-refractivity contribution in [3.63, 3.8) is 0 Å². The zero-order chi connectivity index (χ0) is 13.1. The molecule has 0 saturated heterocycles. The third-order valence-corrected chi connectivity index (χ3v) is 2.88. The van der Waals surface area contributed by atoms with E-state index >= 15 is 0 Å². The number of ether oxygens (including phenoxy) is 1. The molecular formula is C12H9BrN2O3. The number of halogens is 1. The first-order chi connectivity index (χ1) is 8.61. The summed E-state index contributed by atoms with van der Waals surface area (Å²) in [7, 11) is 1.58. The predicted octanol–water partition coefficient (Wildman–Crippen LogP) is 2.61. The number of hydrogen-bond donors (Lipinski definition) is 1. The highest BCUT2D eigenvalue weighted by Gasteiger charge is 2.13. The Labute approximate surface area is 112 Å². The van der Waals surface area contributed by atoms with Gasteiger partial charge in [-0.05, 0) is 40.2 Å². The number of aromatic nitrogens is 2. The lowest BCUT2D eigenvalue weighted by atomic mass is 10.2. The molecule has 0 radical (unpaired) electrons. The van der Waals surface area contributed by atoms with Gasteiger partial charge in [-0.3, -0.25) is 0 Å². The second-order valence-electron chi connectivity index (χ2n) is 3.42. The lowest BCUT2D eigenvalue weighted by molar-refractivity contribution is 0.0689. The highest BCUT2D eigenvalue weighted by molar-refractivity contribution is 9.10. The van der Waals surface area contributed by atoms with Gasteiger partial charge in [-0.2, -0.15) is 0 Å². The number of carbonyl (C=O) groups is 1. The third kappa shape index (κ3) is 2.48. The zero-order valence-corrected chi connectivity index (χ0v) is 11.0. The molecule has 1 N–H and O–H groups in total. The van der Waals surface area contributed by atoms with Crippen molar-refractivity contribution < 1.29 is 14.6 Å². The lowest BCUT2D eigenvalue weighted by Crippen LogP contribution is -2.04. The summed E-state index contributed by atoms with van der Waals surface area (Å²) in [6.45, 7) is 0. The third-order valence-electron chi connectivity index (χ3n) is 2.29. The van der Waals surface area contributed by atoms with Crippen LogP contribution in [0.1, 0.15) is 10.5 Å². The molecule has 5 nitrogen and oxygen atoms in total. The normalized spacial score (nSPS) is 10.1. The molecule has 0 fully saturated rings. The molecule has 0 aliphatic carbocycles. The molecule has 0 saturated carbocycles. The van der Waals surface area contributed by atoms with Gasteiger partial charge in [-0.1, -0.05) is 0 Å². The number of rotatable bonds is 3. The molecule has 0 atom stereocenters. The van der Waals surface area contributed by atoms with Gasteiger partial charge in [0.2, 0.25) is 0 Å². The molecule has 0 aliphatic heterocycles. The molecular weight excluding hydrogens is 300 g/mol. The van der Waals surface area contributed by atoms with Gasteiger partial charge in [0.1, 0.15) is 5.75 Å². The molecule has 2 rings (SSSR count). The minimum absolute atomic E-state index is 0.0594. The molecule has 0 amide bonds. The smallest absolute Gasteiger partial charge is 0.355 e. The van der Waals surface area contributed by atoms with Crippen molar-refractivity contribution in [3.05, 3.63) is 40.6 Å². The summed E-state index contributed by atoms with van der Waals surface area (Å²) in [4.78, 5) is 19.0. The molecule has 0 bridgehead atoms. The van der Waals surface area contributed by atoms with Crippen molar-refractivity contribution in [2.45, 2.75) is 0 Å². The Morgan fingerprint density at radius 2 is 2.00 bits per heavy atom. The maximum Gasteiger partial charge on any atom is 0.355 e. The maximum absolute atomic E-state index is 11.0. The van der Waals surface area contributed by atoms with E-state index in [2.05, 4.69) is 25.9 Å². The predicted molar refractivity (Wildman–Crippen MR) is 68.7 cm³/mol. The van der Waals surface area contributed by atoms with Crippen LogP contribution in [0, 0.1) is 0 Å². The first kappa shape index (κ1) is 12.5. The number of carboxylic acid groups (broad SMARTS) is 1. The van der Waals surface area contributed by atoms with E-state index in [-0.39, 0.29) is 5.69 Å². The van der Waals surface area contributed by atoms with Crippen LogP contribution in [0.5, 0.6) is 5.75 Å². The van der Waals surface area contributed by atoms with Crippen LogP contribution in [-0.2, 0) is 0 Å². The van der Waals surface area contributed by atoms with Crippen LogP contribution < -0.4 is 4.74 Å². The van der Waals surface area contributed by atoms with E-state index in [1.807, 2.05) is 0 Å². The largest absolute Gasteiger partial charge is 0.497 e. The van der Waals surface area contributed by atoms with E-state index in [0.29, 0.717) is 16.0 Å². The summed E-state index contributed by atoms with van der Waals surface area (Å²) in [5.41, 5.74) is 0.668. The van der Waals surface area contributed by atoms with Gasteiger partial charge in [-0.15, -0.1) is 0 Å². The maximum atomic E-state index is 11.0. The van der Waals surface area contributed by atoms with Gasteiger partial charge in [0.05, 0.1) is 11.6 Å². The second kappa shape index (κ2) is 5.14. The molecule has 1 heterocycles. The summed E-state index contributed by atoms with van der Waals surface area (Å²) >= 11 is 3.10. The number of hydrogen-bond acceptors (Lipinski definition) is 4. The Kier molecular flexibility index (Phi) is 3.57. The summed E-state index contributed by atoms with van der Waals surface area (Å²) in [6.07, 6.45) is 1.43. The van der Waals surface area contributed by atoms with Crippen LogP contribution in [0.2, 0.25) is 0 Å². The fourth-order valence-corrected chi connectivity index (χ4v) is 1.76. The van der Waals surface area contributed by atoms with E-state index in [0.717, 1.165) is 5.56 Å². The van der Waals surface area contributed by atoms with E-state index < -0.39 is 5.97 Å². The average Bonchev–Trinajstić information content (AvgIpc) is 2.39. The molecule has 6 heteroatoms. The molecule has 1 aromatic carbocycles. The van der Waals surface area contributed by atoms with Crippen molar-refractivity contribution in [2.24, 2.45) is 0 Å². The van der Waals surface area contributed by atoms with E-state index in [4.69, 9.17) is 9.84 Å². The molecule has 0 spiro atoms. The highest BCUT2D eigenvalue weighted by Crippen LogP contribution is 2.21. The molecule has 0 unspecified atom stereocenters. The summed E-state index contributed by atoms with van der Waals surface area (Å²) in [5, 5.41) is 8.98. The SMILES string of the molecule is COc1ccc(-c2ncc(Br)c(C(=O)O)n2)cc1. The number of benzene rings is 1. The average molecular weight is 309 g/mol. The fourth-order valence-electron chi connectivity index (χ4n) is 1.40. The molecule has 2 aromatic rings. The molecule has 18 heavy (non-hydrogen) atoms. The molecule has 1 aromatic heterocycles. The van der Waals surface area contributed by atoms with Crippen LogP contribution in [0.3, 0.4) is 0 Å². The van der Waals surface area contributed by atoms with Gasteiger partial charge in [-0.25, -0.2) is 14.8 Å². The second-order valence-corrected chi connectivity index (χ2v) is 4.28. The van der Waals surface area contributed by atoms with Crippen LogP contribution in [0.4, 0.5) is 0 Å². The Morgan fingerprint density at radius 3 is 2.56 bits per heavy atom. The number of aromatic carboxylic acids is 1. The van der Waals surface area contributed by atoms with E-state index in [1.54, 1.807) is 31.4 Å². The summed E-state index contributed by atoms with van der Waals surface area (Å²) in [5.74, 6) is -0.0217. The van der Waals surface area contributed by atoms with Crippen LogP contribution in [0.25, 0.3) is 11.4 Å². The quantitative estimate of drug-likeness (QED) is 0.943. The first-order valence-electron chi connectivity index (χ1n) is 5.02. The van der Waals surface area contributed by atoms with Gasteiger partial charge >= 0.3 is 5.97 Å². The first-order valence-corrected chi connectivity index (χ1v) is 5.81. The Hall–Kier alpha value is -1.95. The monoisotopic (exact) mass is 308 g/mol.